The smallest absolute Gasteiger partial charge is 0.378 e. The fraction of sp³-hybridized carbons (Fsp3) is 0.400. The number of ether oxygens (including phenoxy) is 1. The van der Waals surface area contributed by atoms with Gasteiger partial charge in [0.2, 0.25) is 0 Å². The molecule has 1 saturated heterocycles. The van der Waals surface area contributed by atoms with Crippen molar-refractivity contribution in [1.82, 2.24) is 15.0 Å². The molecule has 0 amide bonds. The van der Waals surface area contributed by atoms with Crippen molar-refractivity contribution >= 4 is 11.8 Å². The van der Waals surface area contributed by atoms with Gasteiger partial charge in [0.05, 0.1) is 30.7 Å². The van der Waals surface area contributed by atoms with E-state index in [2.05, 4.69) is 25.2 Å². The number of rotatable bonds is 4. The van der Waals surface area contributed by atoms with Gasteiger partial charge in [-0.25, -0.2) is 9.37 Å². The molecule has 2 aromatic heterocycles. The summed E-state index contributed by atoms with van der Waals surface area (Å²) in [6.45, 7) is 1.89. The van der Waals surface area contributed by atoms with Crippen molar-refractivity contribution in [2.75, 3.05) is 31.2 Å². The van der Waals surface area contributed by atoms with Crippen molar-refractivity contribution in [1.29, 1.82) is 0 Å². The number of aromatic nitrogens is 3. The molecule has 3 heterocycles. The van der Waals surface area contributed by atoms with Crippen LogP contribution in [0.2, 0.25) is 0 Å². The number of halogens is 4. The molecule has 26 heavy (non-hydrogen) atoms. The number of hydrogen-bond acceptors (Lipinski definition) is 7. The van der Waals surface area contributed by atoms with Crippen molar-refractivity contribution < 1.29 is 22.3 Å². The lowest BCUT2D eigenvalue weighted by atomic mass is 10.2. The average Bonchev–Trinajstić information content (AvgIpc) is 2.63. The first kappa shape index (κ1) is 18.1. The summed E-state index contributed by atoms with van der Waals surface area (Å²) < 4.78 is 56.5. The number of morpholine rings is 1. The Balaban J connectivity index is 1.66. The first-order chi connectivity index (χ1) is 12.4. The molecule has 138 valence electrons. The Labute approximate surface area is 145 Å². The number of pyridine rings is 1. The summed E-state index contributed by atoms with van der Waals surface area (Å²) in [4.78, 5) is 13.2. The van der Waals surface area contributed by atoms with Gasteiger partial charge >= 0.3 is 6.18 Å². The Bertz CT molecular complexity index is 775. The first-order valence-corrected chi connectivity index (χ1v) is 7.68. The third-order valence-electron chi connectivity index (χ3n) is 3.57. The number of alkyl halides is 3. The van der Waals surface area contributed by atoms with Gasteiger partial charge in [-0.2, -0.15) is 23.3 Å². The van der Waals surface area contributed by atoms with Gasteiger partial charge in [0.1, 0.15) is 6.54 Å². The average molecular weight is 370 g/mol. The van der Waals surface area contributed by atoms with E-state index in [1.165, 1.54) is 6.07 Å². The molecule has 2 aromatic rings. The lowest BCUT2D eigenvalue weighted by Crippen LogP contribution is -2.37. The number of hydrogen-bond donors (Lipinski definition) is 0. The Hall–Kier alpha value is -2.69. The van der Waals surface area contributed by atoms with Crippen LogP contribution in [0.4, 0.5) is 29.3 Å². The van der Waals surface area contributed by atoms with Crippen LogP contribution >= 0.6 is 0 Å². The summed E-state index contributed by atoms with van der Waals surface area (Å²) in [7, 11) is 0. The molecule has 3 rings (SSSR count). The van der Waals surface area contributed by atoms with E-state index < -0.39 is 17.6 Å². The second kappa shape index (κ2) is 7.68. The highest BCUT2D eigenvalue weighted by Gasteiger charge is 2.30. The molecule has 7 nitrogen and oxygen atoms in total. The van der Waals surface area contributed by atoms with Crippen LogP contribution in [-0.4, -0.2) is 41.3 Å². The van der Waals surface area contributed by atoms with Gasteiger partial charge in [-0.05, 0) is 12.1 Å². The van der Waals surface area contributed by atoms with Crippen LogP contribution in [0, 0.1) is 5.82 Å². The van der Waals surface area contributed by atoms with Crippen molar-refractivity contribution in [2.45, 2.75) is 12.7 Å². The maximum absolute atomic E-state index is 13.9. The third-order valence-corrected chi connectivity index (χ3v) is 3.57. The zero-order valence-corrected chi connectivity index (χ0v) is 13.4. The second-order valence-corrected chi connectivity index (χ2v) is 5.38. The third kappa shape index (κ3) is 4.48. The summed E-state index contributed by atoms with van der Waals surface area (Å²) >= 11 is 0. The molecule has 11 heteroatoms. The van der Waals surface area contributed by atoms with E-state index in [-0.39, 0.29) is 18.3 Å². The van der Waals surface area contributed by atoms with Crippen LogP contribution in [0.1, 0.15) is 11.3 Å². The molecule has 0 spiro atoms. The summed E-state index contributed by atoms with van der Waals surface area (Å²) in [6, 6.07) is 2.13. The van der Waals surface area contributed by atoms with Gasteiger partial charge in [0.15, 0.2) is 11.6 Å². The standard InChI is InChI=1S/C15H14F4N6O/c16-12-9-21-14(23-13(12)25-3-5-26-6-4-25)24-22-8-11-2-1-10(7-20-11)15(17,18)19/h1-2,7,9H,3-6,8H2. The minimum absolute atomic E-state index is 0.0418. The zero-order valence-electron chi connectivity index (χ0n) is 13.4. The lowest BCUT2D eigenvalue weighted by molar-refractivity contribution is -0.137. The zero-order chi connectivity index (χ0) is 18.6. The van der Waals surface area contributed by atoms with Crippen LogP contribution in [0.15, 0.2) is 34.8 Å². The Morgan fingerprint density at radius 2 is 1.88 bits per heavy atom. The fourth-order valence-corrected chi connectivity index (χ4v) is 2.25. The van der Waals surface area contributed by atoms with E-state index in [1.807, 2.05) is 0 Å². The van der Waals surface area contributed by atoms with E-state index in [1.54, 1.807) is 4.90 Å². The fourth-order valence-electron chi connectivity index (χ4n) is 2.25. The molecule has 0 radical (unpaired) electrons. The first-order valence-electron chi connectivity index (χ1n) is 7.68. The molecule has 0 aromatic carbocycles. The monoisotopic (exact) mass is 370 g/mol. The molecule has 0 saturated carbocycles. The van der Waals surface area contributed by atoms with Crippen LogP contribution < -0.4 is 4.90 Å². The SMILES string of the molecule is Fc1cnc(N=NCc2ccc(C(F)(F)F)cn2)nc1N1CCOCC1. The van der Waals surface area contributed by atoms with Crippen molar-refractivity contribution in [3.05, 3.63) is 41.6 Å². The van der Waals surface area contributed by atoms with E-state index in [0.29, 0.717) is 32.0 Å². The molecule has 0 aliphatic carbocycles. The number of anilines is 1. The van der Waals surface area contributed by atoms with Gasteiger partial charge in [0, 0.05) is 19.3 Å². The van der Waals surface area contributed by atoms with E-state index in [4.69, 9.17) is 4.74 Å². The molecule has 0 N–H and O–H groups in total. The van der Waals surface area contributed by atoms with Crippen LogP contribution in [-0.2, 0) is 17.5 Å². The van der Waals surface area contributed by atoms with Gasteiger partial charge in [0.25, 0.3) is 5.95 Å². The lowest BCUT2D eigenvalue weighted by Gasteiger charge is -2.27. The number of azo groups is 1. The Kier molecular flexibility index (Phi) is 5.35. The quantitative estimate of drug-likeness (QED) is 0.610. The summed E-state index contributed by atoms with van der Waals surface area (Å²) in [5, 5.41) is 7.60. The maximum Gasteiger partial charge on any atom is 0.417 e. The van der Waals surface area contributed by atoms with E-state index in [9.17, 15) is 17.6 Å². The van der Waals surface area contributed by atoms with E-state index >= 15 is 0 Å². The molecule has 0 bridgehead atoms. The molecule has 1 fully saturated rings. The minimum atomic E-state index is -4.44. The van der Waals surface area contributed by atoms with Gasteiger partial charge in [-0.3, -0.25) is 4.98 Å². The predicted octanol–water partition coefficient (Wildman–Crippen LogP) is 3.15. The molecule has 0 unspecified atom stereocenters. The molecular formula is C15H14F4N6O. The molecule has 1 aliphatic rings. The molecule has 0 atom stereocenters. The Morgan fingerprint density at radius 3 is 2.54 bits per heavy atom. The normalized spacial score (nSPS) is 15.6. The van der Waals surface area contributed by atoms with Crippen molar-refractivity contribution in [3.63, 3.8) is 0 Å². The highest BCUT2D eigenvalue weighted by molar-refractivity contribution is 5.42. The topological polar surface area (TPSA) is 75.9 Å². The molecular weight excluding hydrogens is 356 g/mol. The number of nitrogens with zero attached hydrogens (tertiary/aromatic N) is 6. The minimum Gasteiger partial charge on any atom is -0.378 e. The Morgan fingerprint density at radius 1 is 1.12 bits per heavy atom. The van der Waals surface area contributed by atoms with Crippen molar-refractivity contribution in [3.8, 4) is 0 Å². The van der Waals surface area contributed by atoms with Crippen molar-refractivity contribution in [2.24, 2.45) is 10.2 Å². The molecule has 1 aliphatic heterocycles. The summed E-state index contributed by atoms with van der Waals surface area (Å²) in [6.07, 6.45) is -2.71. The van der Waals surface area contributed by atoms with E-state index in [0.717, 1.165) is 18.5 Å². The highest BCUT2D eigenvalue weighted by Crippen LogP contribution is 2.28. The van der Waals surface area contributed by atoms with Gasteiger partial charge in [-0.1, -0.05) is 0 Å². The summed E-state index contributed by atoms with van der Waals surface area (Å²) in [5.74, 6) is -0.500. The summed E-state index contributed by atoms with van der Waals surface area (Å²) in [5.41, 5.74) is -0.535. The van der Waals surface area contributed by atoms with Crippen LogP contribution in [0.25, 0.3) is 0 Å². The predicted molar refractivity (Wildman–Crippen MR) is 82.5 cm³/mol. The van der Waals surface area contributed by atoms with Crippen LogP contribution in [0.5, 0.6) is 0 Å². The largest absolute Gasteiger partial charge is 0.417 e. The van der Waals surface area contributed by atoms with Gasteiger partial charge < -0.3 is 9.64 Å². The van der Waals surface area contributed by atoms with Crippen LogP contribution in [0.3, 0.4) is 0 Å². The second-order valence-electron chi connectivity index (χ2n) is 5.38. The van der Waals surface area contributed by atoms with Gasteiger partial charge in [-0.15, -0.1) is 5.11 Å². The highest BCUT2D eigenvalue weighted by atomic mass is 19.4. The maximum atomic E-state index is 13.9.